The van der Waals surface area contributed by atoms with E-state index >= 15 is 0 Å². The van der Waals surface area contributed by atoms with Gasteiger partial charge in [0.15, 0.2) is 0 Å². The molecule has 0 saturated heterocycles. The molecule has 2 aliphatic rings. The molecule has 0 atom stereocenters. The van der Waals surface area contributed by atoms with E-state index in [4.69, 9.17) is 4.74 Å². The number of ether oxygens (including phenoxy) is 1. The number of benzene rings is 1. The van der Waals surface area contributed by atoms with Crippen LogP contribution in [0.5, 0.6) is 0 Å². The molecule has 1 fully saturated rings. The van der Waals surface area contributed by atoms with Crippen LogP contribution < -0.4 is 0 Å². The van der Waals surface area contributed by atoms with Crippen LogP contribution in [0.15, 0.2) is 24.3 Å². The minimum Gasteiger partial charge on any atom is -0.367 e. The molecule has 0 N–H and O–H groups in total. The van der Waals surface area contributed by atoms with Gasteiger partial charge in [-0.2, -0.15) is 5.10 Å². The van der Waals surface area contributed by atoms with Crippen LogP contribution in [0.25, 0.3) is 10.9 Å². The molecule has 3 nitrogen and oxygen atoms in total. The zero-order valence-corrected chi connectivity index (χ0v) is 9.15. The van der Waals surface area contributed by atoms with Gasteiger partial charge in [-0.05, 0) is 25.3 Å². The lowest BCUT2D eigenvalue weighted by Gasteiger charge is -2.44. The SMILES string of the molecule is c1ccc2c3n(nc2c1)CCOC31CCC1. The van der Waals surface area contributed by atoms with E-state index in [2.05, 4.69) is 34.0 Å². The second kappa shape index (κ2) is 2.86. The molecule has 16 heavy (non-hydrogen) atoms. The summed E-state index contributed by atoms with van der Waals surface area (Å²) in [6, 6.07) is 8.40. The van der Waals surface area contributed by atoms with Crippen molar-refractivity contribution in [2.45, 2.75) is 31.4 Å². The predicted molar refractivity (Wildman–Crippen MR) is 61.2 cm³/mol. The first-order valence-electron chi connectivity index (χ1n) is 5.99. The average molecular weight is 214 g/mol. The molecule has 1 spiro atoms. The molecular formula is C13H14N2O. The molecule has 0 unspecified atom stereocenters. The third kappa shape index (κ3) is 0.944. The molecular weight excluding hydrogens is 200 g/mol. The normalized spacial score (nSPS) is 22.0. The van der Waals surface area contributed by atoms with Crippen molar-refractivity contribution in [1.82, 2.24) is 9.78 Å². The van der Waals surface area contributed by atoms with Crippen molar-refractivity contribution < 1.29 is 4.74 Å². The summed E-state index contributed by atoms with van der Waals surface area (Å²) < 4.78 is 8.19. The Morgan fingerprint density at radius 3 is 2.94 bits per heavy atom. The van der Waals surface area contributed by atoms with Gasteiger partial charge in [0.1, 0.15) is 5.60 Å². The van der Waals surface area contributed by atoms with Crippen molar-refractivity contribution in [3.63, 3.8) is 0 Å². The summed E-state index contributed by atoms with van der Waals surface area (Å²) >= 11 is 0. The molecule has 0 radical (unpaired) electrons. The number of rotatable bonds is 0. The second-order valence-corrected chi connectivity index (χ2v) is 4.79. The minimum atomic E-state index is -0.00560. The molecule has 1 saturated carbocycles. The van der Waals surface area contributed by atoms with Crippen molar-refractivity contribution in [2.75, 3.05) is 6.61 Å². The Kier molecular flexibility index (Phi) is 1.56. The van der Waals surface area contributed by atoms with Gasteiger partial charge in [0.25, 0.3) is 0 Å². The Hall–Kier alpha value is -1.35. The highest BCUT2D eigenvalue weighted by molar-refractivity contribution is 5.82. The van der Waals surface area contributed by atoms with Crippen LogP contribution in [-0.2, 0) is 16.9 Å². The van der Waals surface area contributed by atoms with E-state index < -0.39 is 0 Å². The first-order chi connectivity index (χ1) is 7.89. The summed E-state index contributed by atoms with van der Waals surface area (Å²) in [6.07, 6.45) is 3.59. The van der Waals surface area contributed by atoms with Crippen molar-refractivity contribution in [1.29, 1.82) is 0 Å². The fraction of sp³-hybridized carbons (Fsp3) is 0.462. The monoisotopic (exact) mass is 214 g/mol. The molecule has 1 aliphatic heterocycles. The number of aromatic nitrogens is 2. The number of hydrogen-bond donors (Lipinski definition) is 0. The summed E-state index contributed by atoms with van der Waals surface area (Å²) in [7, 11) is 0. The van der Waals surface area contributed by atoms with Crippen LogP contribution in [0.4, 0.5) is 0 Å². The lowest BCUT2D eigenvalue weighted by molar-refractivity contribution is -0.130. The van der Waals surface area contributed by atoms with E-state index in [1.165, 1.54) is 17.5 Å². The molecule has 0 amide bonds. The summed E-state index contributed by atoms with van der Waals surface area (Å²) in [5.41, 5.74) is 2.42. The molecule has 2 aromatic rings. The van der Waals surface area contributed by atoms with Gasteiger partial charge in [0, 0.05) is 5.39 Å². The molecule has 0 bridgehead atoms. The molecule has 2 heterocycles. The standard InChI is InChI=1S/C13H14N2O/c1-2-5-11-10(4-1)12-13(6-3-7-13)16-9-8-15(12)14-11/h1-2,4-5H,3,6-9H2. The minimum absolute atomic E-state index is 0.00560. The fourth-order valence-corrected chi connectivity index (χ4v) is 3.00. The average Bonchev–Trinajstić information content (AvgIpc) is 2.65. The topological polar surface area (TPSA) is 27.1 Å². The van der Waals surface area contributed by atoms with Gasteiger partial charge in [0.05, 0.1) is 24.4 Å². The van der Waals surface area contributed by atoms with Crippen LogP contribution in [0.1, 0.15) is 25.0 Å². The van der Waals surface area contributed by atoms with Crippen LogP contribution in [0, 0.1) is 0 Å². The Labute approximate surface area is 94.0 Å². The maximum absolute atomic E-state index is 6.03. The summed E-state index contributed by atoms with van der Waals surface area (Å²) in [4.78, 5) is 0. The van der Waals surface area contributed by atoms with E-state index in [1.807, 2.05) is 0 Å². The van der Waals surface area contributed by atoms with Crippen molar-refractivity contribution >= 4 is 10.9 Å². The van der Waals surface area contributed by atoms with Crippen LogP contribution in [0.2, 0.25) is 0 Å². The third-order valence-electron chi connectivity index (χ3n) is 3.92. The van der Waals surface area contributed by atoms with Gasteiger partial charge in [-0.25, -0.2) is 0 Å². The predicted octanol–water partition coefficient (Wildman–Crippen LogP) is 2.45. The number of hydrogen-bond acceptors (Lipinski definition) is 2. The number of nitrogens with zero attached hydrogens (tertiary/aromatic N) is 2. The molecule has 1 aromatic heterocycles. The Morgan fingerprint density at radius 2 is 2.12 bits per heavy atom. The quantitative estimate of drug-likeness (QED) is 0.673. The fourth-order valence-electron chi connectivity index (χ4n) is 3.00. The van der Waals surface area contributed by atoms with Gasteiger partial charge < -0.3 is 4.74 Å². The Balaban J connectivity index is 2.05. The zero-order valence-electron chi connectivity index (χ0n) is 9.15. The van der Waals surface area contributed by atoms with Crippen molar-refractivity contribution in [3.05, 3.63) is 30.0 Å². The molecule has 4 rings (SSSR count). The highest BCUT2D eigenvalue weighted by Gasteiger charge is 2.45. The van der Waals surface area contributed by atoms with Gasteiger partial charge in [-0.15, -0.1) is 0 Å². The van der Waals surface area contributed by atoms with Gasteiger partial charge in [-0.1, -0.05) is 18.2 Å². The first kappa shape index (κ1) is 8.76. The highest BCUT2D eigenvalue weighted by Crippen LogP contribution is 2.48. The highest BCUT2D eigenvalue weighted by atomic mass is 16.5. The summed E-state index contributed by atoms with van der Waals surface area (Å²) in [5.74, 6) is 0. The van der Waals surface area contributed by atoms with Crippen LogP contribution >= 0.6 is 0 Å². The smallest absolute Gasteiger partial charge is 0.110 e. The van der Waals surface area contributed by atoms with Gasteiger partial charge >= 0.3 is 0 Å². The Bertz CT molecular complexity index is 554. The zero-order chi connectivity index (χ0) is 10.6. The second-order valence-electron chi connectivity index (χ2n) is 4.79. The van der Waals surface area contributed by atoms with Crippen molar-refractivity contribution in [3.8, 4) is 0 Å². The largest absolute Gasteiger partial charge is 0.367 e. The van der Waals surface area contributed by atoms with E-state index in [-0.39, 0.29) is 5.60 Å². The van der Waals surface area contributed by atoms with E-state index in [1.54, 1.807) is 0 Å². The van der Waals surface area contributed by atoms with Crippen molar-refractivity contribution in [2.24, 2.45) is 0 Å². The van der Waals surface area contributed by atoms with Crippen LogP contribution in [-0.4, -0.2) is 16.4 Å². The van der Waals surface area contributed by atoms with Gasteiger partial charge in [-0.3, -0.25) is 4.68 Å². The lowest BCUT2D eigenvalue weighted by atomic mass is 9.76. The summed E-state index contributed by atoms with van der Waals surface area (Å²) in [6.45, 7) is 1.70. The van der Waals surface area contributed by atoms with E-state index in [9.17, 15) is 0 Å². The lowest BCUT2D eigenvalue weighted by Crippen LogP contribution is -2.43. The van der Waals surface area contributed by atoms with E-state index in [0.717, 1.165) is 31.5 Å². The maximum atomic E-state index is 6.03. The maximum Gasteiger partial charge on any atom is 0.110 e. The molecule has 3 heteroatoms. The van der Waals surface area contributed by atoms with Crippen LogP contribution in [0.3, 0.4) is 0 Å². The van der Waals surface area contributed by atoms with Gasteiger partial charge in [0.2, 0.25) is 0 Å². The van der Waals surface area contributed by atoms with E-state index in [0.29, 0.717) is 0 Å². The molecule has 1 aliphatic carbocycles. The molecule has 82 valence electrons. The first-order valence-corrected chi connectivity index (χ1v) is 5.99. The Morgan fingerprint density at radius 1 is 1.25 bits per heavy atom. The number of fused-ring (bicyclic) bond motifs is 4. The molecule has 1 aromatic carbocycles. The summed E-state index contributed by atoms with van der Waals surface area (Å²) in [5, 5.41) is 5.95. The third-order valence-corrected chi connectivity index (χ3v) is 3.92.